The van der Waals surface area contributed by atoms with Crippen LogP contribution in [-0.4, -0.2) is 16.0 Å². The first-order valence-electron chi connectivity index (χ1n) is 5.61. The highest BCUT2D eigenvalue weighted by atomic mass is 15.0. The van der Waals surface area contributed by atoms with E-state index in [9.17, 15) is 0 Å². The summed E-state index contributed by atoms with van der Waals surface area (Å²) in [5, 5.41) is 3.42. The fraction of sp³-hybridized carbons (Fsp3) is 0.667. The number of nitrogens with one attached hydrogen (secondary N) is 1. The van der Waals surface area contributed by atoms with E-state index in [1.54, 1.807) is 0 Å². The molecule has 0 aliphatic carbocycles. The summed E-state index contributed by atoms with van der Waals surface area (Å²) in [7, 11) is 0. The van der Waals surface area contributed by atoms with Crippen molar-refractivity contribution in [2.45, 2.75) is 47.1 Å². The Hall–Kier alpha value is -1.12. The molecule has 1 heterocycles. The van der Waals surface area contributed by atoms with Gasteiger partial charge in [0.05, 0.1) is 0 Å². The van der Waals surface area contributed by atoms with Gasteiger partial charge in [-0.1, -0.05) is 20.3 Å². The van der Waals surface area contributed by atoms with E-state index in [1.165, 1.54) is 6.42 Å². The van der Waals surface area contributed by atoms with Crippen molar-refractivity contribution in [3.63, 3.8) is 0 Å². The number of nitrogens with zero attached hydrogens (tertiary/aromatic N) is 2. The Morgan fingerprint density at radius 1 is 1.27 bits per heavy atom. The summed E-state index contributed by atoms with van der Waals surface area (Å²) in [5.74, 6) is 2.42. The Labute approximate surface area is 92.3 Å². The summed E-state index contributed by atoms with van der Waals surface area (Å²) in [6.07, 6.45) is 1.18. The highest BCUT2D eigenvalue weighted by Crippen LogP contribution is 2.13. The second-order valence-corrected chi connectivity index (χ2v) is 4.26. The molecule has 0 radical (unpaired) electrons. The Kier molecular flexibility index (Phi) is 4.06. The van der Waals surface area contributed by atoms with E-state index in [2.05, 4.69) is 36.1 Å². The molecule has 1 aromatic heterocycles. The molecule has 0 amide bonds. The van der Waals surface area contributed by atoms with E-state index in [0.717, 1.165) is 17.3 Å². The zero-order chi connectivity index (χ0) is 11.4. The first-order chi connectivity index (χ1) is 7.02. The topological polar surface area (TPSA) is 37.8 Å². The fourth-order valence-electron chi connectivity index (χ4n) is 1.52. The van der Waals surface area contributed by atoms with Crippen LogP contribution >= 0.6 is 0 Å². The van der Waals surface area contributed by atoms with Crippen LogP contribution < -0.4 is 5.32 Å². The minimum atomic E-state index is 0.448. The van der Waals surface area contributed by atoms with Crippen LogP contribution in [0.3, 0.4) is 0 Å². The molecular formula is C12H21N3. The maximum Gasteiger partial charge on any atom is 0.130 e. The lowest BCUT2D eigenvalue weighted by Crippen LogP contribution is -2.24. The van der Waals surface area contributed by atoms with Gasteiger partial charge in [-0.2, -0.15) is 0 Å². The molecule has 1 rings (SSSR count). The highest BCUT2D eigenvalue weighted by Gasteiger charge is 2.10. The first kappa shape index (κ1) is 12.0. The SMILES string of the molecule is CCC(C)C(C)Nc1cc(C)nc(C)n1. The molecule has 3 nitrogen and oxygen atoms in total. The molecule has 0 spiro atoms. The Bertz CT molecular complexity index is 302. The first-order valence-corrected chi connectivity index (χ1v) is 5.61. The third kappa shape index (κ3) is 3.50. The molecular weight excluding hydrogens is 186 g/mol. The molecule has 3 heteroatoms. The van der Waals surface area contributed by atoms with Gasteiger partial charge < -0.3 is 5.32 Å². The normalized spacial score (nSPS) is 14.7. The van der Waals surface area contributed by atoms with Gasteiger partial charge >= 0.3 is 0 Å². The van der Waals surface area contributed by atoms with Crippen LogP contribution in [0.15, 0.2) is 6.07 Å². The number of hydrogen-bond donors (Lipinski definition) is 1. The van der Waals surface area contributed by atoms with E-state index < -0.39 is 0 Å². The fourth-order valence-corrected chi connectivity index (χ4v) is 1.52. The summed E-state index contributed by atoms with van der Waals surface area (Å²) < 4.78 is 0. The van der Waals surface area contributed by atoms with E-state index >= 15 is 0 Å². The zero-order valence-corrected chi connectivity index (χ0v) is 10.3. The summed E-state index contributed by atoms with van der Waals surface area (Å²) in [5.41, 5.74) is 1.02. The summed E-state index contributed by atoms with van der Waals surface area (Å²) >= 11 is 0. The lowest BCUT2D eigenvalue weighted by molar-refractivity contribution is 0.493. The maximum absolute atomic E-state index is 4.37. The van der Waals surface area contributed by atoms with Crippen LogP contribution in [0.4, 0.5) is 5.82 Å². The van der Waals surface area contributed by atoms with Gasteiger partial charge in [-0.05, 0) is 26.7 Å². The predicted molar refractivity (Wildman–Crippen MR) is 64.0 cm³/mol. The van der Waals surface area contributed by atoms with Crippen molar-refractivity contribution in [2.75, 3.05) is 5.32 Å². The minimum absolute atomic E-state index is 0.448. The van der Waals surface area contributed by atoms with Crippen LogP contribution in [0.1, 0.15) is 38.7 Å². The lowest BCUT2D eigenvalue weighted by atomic mass is 10.0. The van der Waals surface area contributed by atoms with Gasteiger partial charge in [-0.25, -0.2) is 9.97 Å². The van der Waals surface area contributed by atoms with Crippen molar-refractivity contribution in [2.24, 2.45) is 5.92 Å². The largest absolute Gasteiger partial charge is 0.367 e. The molecule has 0 saturated carbocycles. The summed E-state index contributed by atoms with van der Waals surface area (Å²) in [6, 6.07) is 2.44. The summed E-state index contributed by atoms with van der Waals surface area (Å²) in [4.78, 5) is 8.62. The van der Waals surface area contributed by atoms with Crippen LogP contribution in [0.5, 0.6) is 0 Å². The van der Waals surface area contributed by atoms with Crippen molar-refractivity contribution < 1.29 is 0 Å². The molecule has 1 N–H and O–H groups in total. The third-order valence-electron chi connectivity index (χ3n) is 2.84. The number of aromatic nitrogens is 2. The van der Waals surface area contributed by atoms with Gasteiger partial charge in [0.25, 0.3) is 0 Å². The van der Waals surface area contributed by atoms with Gasteiger partial charge in [0.2, 0.25) is 0 Å². The van der Waals surface area contributed by atoms with E-state index in [4.69, 9.17) is 0 Å². The van der Waals surface area contributed by atoms with Crippen molar-refractivity contribution in [1.29, 1.82) is 0 Å². The highest BCUT2D eigenvalue weighted by molar-refractivity contribution is 5.36. The number of anilines is 1. The van der Waals surface area contributed by atoms with Crippen molar-refractivity contribution in [3.8, 4) is 0 Å². The molecule has 0 aromatic carbocycles. The maximum atomic E-state index is 4.37. The van der Waals surface area contributed by atoms with Crippen molar-refractivity contribution >= 4 is 5.82 Å². The third-order valence-corrected chi connectivity index (χ3v) is 2.84. The van der Waals surface area contributed by atoms with Crippen molar-refractivity contribution in [1.82, 2.24) is 9.97 Å². The molecule has 0 fully saturated rings. The van der Waals surface area contributed by atoms with Gasteiger partial charge in [0, 0.05) is 17.8 Å². The molecule has 2 unspecified atom stereocenters. The monoisotopic (exact) mass is 207 g/mol. The van der Waals surface area contributed by atoms with E-state index in [1.807, 2.05) is 19.9 Å². The van der Waals surface area contributed by atoms with Crippen LogP contribution in [0.2, 0.25) is 0 Å². The summed E-state index contributed by atoms with van der Waals surface area (Å²) in [6.45, 7) is 10.6. The molecule has 0 aliphatic heterocycles. The van der Waals surface area contributed by atoms with Crippen LogP contribution in [0, 0.1) is 19.8 Å². The molecule has 0 aliphatic rings. The molecule has 1 aromatic rings. The Morgan fingerprint density at radius 3 is 2.47 bits per heavy atom. The van der Waals surface area contributed by atoms with Gasteiger partial charge in [0.15, 0.2) is 0 Å². The van der Waals surface area contributed by atoms with Gasteiger partial charge in [-0.3, -0.25) is 0 Å². The van der Waals surface area contributed by atoms with Gasteiger partial charge in [0.1, 0.15) is 11.6 Å². The predicted octanol–water partition coefficient (Wildman–Crippen LogP) is 2.94. The average Bonchev–Trinajstić information content (AvgIpc) is 2.14. The molecule has 15 heavy (non-hydrogen) atoms. The zero-order valence-electron chi connectivity index (χ0n) is 10.3. The molecule has 84 valence electrons. The molecule has 0 bridgehead atoms. The molecule has 0 saturated heterocycles. The number of aryl methyl sites for hydroxylation is 2. The van der Waals surface area contributed by atoms with E-state index in [-0.39, 0.29) is 0 Å². The quantitative estimate of drug-likeness (QED) is 0.825. The smallest absolute Gasteiger partial charge is 0.130 e. The second-order valence-electron chi connectivity index (χ2n) is 4.26. The lowest BCUT2D eigenvalue weighted by Gasteiger charge is -2.20. The standard InChI is InChI=1S/C12H21N3/c1-6-8(2)10(4)14-12-7-9(3)13-11(5)15-12/h7-8,10H,6H2,1-5H3,(H,13,14,15). The molecule has 2 atom stereocenters. The number of rotatable bonds is 4. The van der Waals surface area contributed by atoms with E-state index in [0.29, 0.717) is 12.0 Å². The van der Waals surface area contributed by atoms with Crippen molar-refractivity contribution in [3.05, 3.63) is 17.6 Å². The average molecular weight is 207 g/mol. The Morgan fingerprint density at radius 2 is 1.93 bits per heavy atom. The minimum Gasteiger partial charge on any atom is -0.367 e. The second kappa shape index (κ2) is 5.10. The Balaban J connectivity index is 2.72. The van der Waals surface area contributed by atoms with Crippen LogP contribution in [-0.2, 0) is 0 Å². The number of hydrogen-bond acceptors (Lipinski definition) is 3. The van der Waals surface area contributed by atoms with Crippen LogP contribution in [0.25, 0.3) is 0 Å². The van der Waals surface area contributed by atoms with Gasteiger partial charge in [-0.15, -0.1) is 0 Å².